The third kappa shape index (κ3) is 2.85. The zero-order chi connectivity index (χ0) is 12.3. The zero-order valence-electron chi connectivity index (χ0n) is 9.28. The maximum absolute atomic E-state index is 12.9. The van der Waals surface area contributed by atoms with Gasteiger partial charge in [-0.3, -0.25) is 0 Å². The van der Waals surface area contributed by atoms with Crippen molar-refractivity contribution in [3.63, 3.8) is 0 Å². The highest BCUT2D eigenvalue weighted by Gasteiger charge is 2.16. The maximum Gasteiger partial charge on any atom is 0.322 e. The highest BCUT2D eigenvalue weighted by molar-refractivity contribution is 5.89. The van der Waals surface area contributed by atoms with Gasteiger partial charge in [-0.15, -0.1) is 0 Å². The Morgan fingerprint density at radius 3 is 2.76 bits per heavy atom. The van der Waals surface area contributed by atoms with E-state index in [4.69, 9.17) is 10.5 Å². The topological polar surface area (TPSA) is 67.6 Å². The first-order chi connectivity index (χ1) is 8.16. The van der Waals surface area contributed by atoms with Crippen molar-refractivity contribution in [2.75, 3.05) is 37.4 Å². The number of benzene rings is 1. The van der Waals surface area contributed by atoms with Crippen LogP contribution in [0.2, 0.25) is 0 Å². The fourth-order valence-corrected chi connectivity index (χ4v) is 1.59. The number of nitrogens with zero attached hydrogens (tertiary/aromatic N) is 1. The summed E-state index contributed by atoms with van der Waals surface area (Å²) >= 11 is 0. The van der Waals surface area contributed by atoms with E-state index in [1.165, 1.54) is 18.2 Å². The van der Waals surface area contributed by atoms with E-state index in [0.717, 1.165) is 0 Å². The summed E-state index contributed by atoms with van der Waals surface area (Å²) < 4.78 is 18.1. The minimum Gasteiger partial charge on any atom is -0.396 e. The van der Waals surface area contributed by atoms with Crippen molar-refractivity contribution in [2.45, 2.75) is 0 Å². The average molecular weight is 239 g/mol. The molecule has 2 amide bonds. The molecule has 0 aromatic heterocycles. The number of anilines is 2. The summed E-state index contributed by atoms with van der Waals surface area (Å²) in [6.45, 7) is 2.20. The maximum atomic E-state index is 12.9. The van der Waals surface area contributed by atoms with Crippen LogP contribution in [0.1, 0.15) is 0 Å². The number of rotatable bonds is 1. The number of nitrogens with two attached hydrogens (primary N) is 1. The predicted molar refractivity (Wildman–Crippen MR) is 62.2 cm³/mol. The molecule has 3 N–H and O–H groups in total. The van der Waals surface area contributed by atoms with Crippen LogP contribution >= 0.6 is 0 Å². The quantitative estimate of drug-likeness (QED) is 0.725. The molecule has 1 aliphatic rings. The first-order valence-corrected chi connectivity index (χ1v) is 5.35. The highest BCUT2D eigenvalue weighted by Crippen LogP contribution is 2.16. The van der Waals surface area contributed by atoms with Crippen LogP contribution in [0.15, 0.2) is 18.2 Å². The van der Waals surface area contributed by atoms with E-state index in [9.17, 15) is 9.18 Å². The van der Waals surface area contributed by atoms with Gasteiger partial charge >= 0.3 is 6.03 Å². The van der Waals surface area contributed by atoms with Crippen LogP contribution < -0.4 is 11.1 Å². The lowest BCUT2D eigenvalue weighted by atomic mass is 10.2. The second-order valence-corrected chi connectivity index (χ2v) is 3.77. The number of morpholine rings is 1. The summed E-state index contributed by atoms with van der Waals surface area (Å²) in [5.74, 6) is -0.491. The van der Waals surface area contributed by atoms with Gasteiger partial charge in [-0.1, -0.05) is 0 Å². The lowest BCUT2D eigenvalue weighted by Crippen LogP contribution is -2.43. The molecule has 17 heavy (non-hydrogen) atoms. The number of halogens is 1. The Morgan fingerprint density at radius 1 is 1.41 bits per heavy atom. The van der Waals surface area contributed by atoms with Crippen molar-refractivity contribution in [1.29, 1.82) is 0 Å². The number of ether oxygens (including phenoxy) is 1. The van der Waals surface area contributed by atoms with Gasteiger partial charge in [-0.2, -0.15) is 0 Å². The van der Waals surface area contributed by atoms with Crippen LogP contribution in [0.25, 0.3) is 0 Å². The largest absolute Gasteiger partial charge is 0.396 e. The number of urea groups is 1. The van der Waals surface area contributed by atoms with E-state index in [1.54, 1.807) is 4.90 Å². The molecule has 92 valence electrons. The number of hydrogen-bond acceptors (Lipinski definition) is 3. The molecule has 1 aliphatic heterocycles. The molecule has 0 bridgehead atoms. The number of nitrogens with one attached hydrogen (secondary N) is 1. The van der Waals surface area contributed by atoms with Crippen molar-refractivity contribution < 1.29 is 13.9 Å². The molecule has 2 rings (SSSR count). The standard InChI is InChI=1S/C11H14FN3O2/c12-9-2-1-8(7-10(9)13)14-11(16)15-3-5-17-6-4-15/h1-2,7H,3-6,13H2,(H,14,16). The van der Waals surface area contributed by atoms with Crippen LogP contribution in [0.5, 0.6) is 0 Å². The third-order valence-electron chi connectivity index (χ3n) is 2.55. The Kier molecular flexibility index (Phi) is 3.43. The van der Waals surface area contributed by atoms with Gasteiger partial charge in [0.2, 0.25) is 0 Å². The summed E-state index contributed by atoms with van der Waals surface area (Å²) in [7, 11) is 0. The van der Waals surface area contributed by atoms with Crippen molar-refractivity contribution in [3.8, 4) is 0 Å². The Hall–Kier alpha value is -1.82. The van der Waals surface area contributed by atoms with E-state index in [-0.39, 0.29) is 11.7 Å². The number of nitrogen functional groups attached to an aromatic ring is 1. The molecule has 0 unspecified atom stereocenters. The normalized spacial score (nSPS) is 15.7. The predicted octanol–water partition coefficient (Wildman–Crippen LogP) is 1.27. The van der Waals surface area contributed by atoms with Gasteiger partial charge in [0.05, 0.1) is 18.9 Å². The zero-order valence-corrected chi connectivity index (χ0v) is 9.28. The molecule has 1 aromatic carbocycles. The molecule has 0 radical (unpaired) electrons. The Bertz CT molecular complexity index is 419. The van der Waals surface area contributed by atoms with Gasteiger partial charge in [0, 0.05) is 18.8 Å². The average Bonchev–Trinajstić information content (AvgIpc) is 2.35. The monoisotopic (exact) mass is 239 g/mol. The molecule has 0 aliphatic carbocycles. The highest BCUT2D eigenvalue weighted by atomic mass is 19.1. The lowest BCUT2D eigenvalue weighted by molar-refractivity contribution is 0.0564. The van der Waals surface area contributed by atoms with Crippen LogP contribution in [0, 0.1) is 5.82 Å². The fourth-order valence-electron chi connectivity index (χ4n) is 1.59. The molecule has 6 heteroatoms. The molecule has 0 saturated carbocycles. The SMILES string of the molecule is Nc1cc(NC(=O)N2CCOCC2)ccc1F. The summed E-state index contributed by atoms with van der Waals surface area (Å²) in [5.41, 5.74) is 5.92. The van der Waals surface area contributed by atoms with Crippen molar-refractivity contribution >= 4 is 17.4 Å². The molecule has 0 atom stereocenters. The second-order valence-electron chi connectivity index (χ2n) is 3.77. The second kappa shape index (κ2) is 5.01. The fraction of sp³-hybridized carbons (Fsp3) is 0.364. The number of carbonyl (C=O) groups excluding carboxylic acids is 1. The molecule has 5 nitrogen and oxygen atoms in total. The number of carbonyl (C=O) groups is 1. The van der Waals surface area contributed by atoms with Crippen LogP contribution in [-0.4, -0.2) is 37.2 Å². The Labute approximate surface area is 98.3 Å². The van der Waals surface area contributed by atoms with E-state index in [0.29, 0.717) is 32.0 Å². The van der Waals surface area contributed by atoms with Crippen molar-refractivity contribution in [2.24, 2.45) is 0 Å². The summed E-state index contributed by atoms with van der Waals surface area (Å²) in [4.78, 5) is 13.4. The lowest BCUT2D eigenvalue weighted by Gasteiger charge is -2.26. The number of hydrogen-bond donors (Lipinski definition) is 2. The summed E-state index contributed by atoms with van der Waals surface area (Å²) in [5, 5.41) is 2.66. The molecule has 1 saturated heterocycles. The smallest absolute Gasteiger partial charge is 0.322 e. The molecule has 1 heterocycles. The first kappa shape index (κ1) is 11.7. The van der Waals surface area contributed by atoms with Gasteiger partial charge in [-0.05, 0) is 18.2 Å². The van der Waals surface area contributed by atoms with Crippen molar-refractivity contribution in [3.05, 3.63) is 24.0 Å². The summed E-state index contributed by atoms with van der Waals surface area (Å²) in [6.07, 6.45) is 0. The van der Waals surface area contributed by atoms with Gasteiger partial charge in [0.1, 0.15) is 5.82 Å². The van der Waals surface area contributed by atoms with Gasteiger partial charge in [0.25, 0.3) is 0 Å². The van der Waals surface area contributed by atoms with E-state index in [1.807, 2.05) is 0 Å². The molecular formula is C11H14FN3O2. The van der Waals surface area contributed by atoms with Crippen LogP contribution in [0.4, 0.5) is 20.6 Å². The van der Waals surface area contributed by atoms with E-state index >= 15 is 0 Å². The van der Waals surface area contributed by atoms with E-state index < -0.39 is 5.82 Å². The van der Waals surface area contributed by atoms with E-state index in [2.05, 4.69) is 5.32 Å². The Balaban J connectivity index is 1.99. The van der Waals surface area contributed by atoms with Crippen LogP contribution in [0.3, 0.4) is 0 Å². The molecule has 1 fully saturated rings. The van der Waals surface area contributed by atoms with Gasteiger partial charge in [0.15, 0.2) is 0 Å². The Morgan fingerprint density at radius 2 is 2.12 bits per heavy atom. The molecule has 1 aromatic rings. The molecular weight excluding hydrogens is 225 g/mol. The van der Waals surface area contributed by atoms with Gasteiger partial charge < -0.3 is 20.7 Å². The van der Waals surface area contributed by atoms with Gasteiger partial charge in [-0.25, -0.2) is 9.18 Å². The minimum absolute atomic E-state index is 0.0183. The van der Waals surface area contributed by atoms with Crippen LogP contribution in [-0.2, 0) is 4.74 Å². The minimum atomic E-state index is -0.491. The summed E-state index contributed by atoms with van der Waals surface area (Å²) in [6, 6.07) is 3.88. The number of amides is 2. The third-order valence-corrected chi connectivity index (χ3v) is 2.55. The van der Waals surface area contributed by atoms with Crippen molar-refractivity contribution in [1.82, 2.24) is 4.90 Å². The molecule has 0 spiro atoms. The first-order valence-electron chi connectivity index (χ1n) is 5.35.